The smallest absolute Gasteiger partial charge is 0.310 e. The van der Waals surface area contributed by atoms with Crippen LogP contribution in [0.1, 0.15) is 45.1 Å². The standard InChI is InChI=1S/C23H33ClN2O3/c1-3-29-23(28)20-6-4-5-7-21(20)25-12-14-26(15-13-25)22(27)17(2)16-18-8-10-19(24)11-9-18/h8-11,17,20-21H,3-7,12-16H2,1-2H3/t17?,20-,21-/m1/s1. The molecule has 29 heavy (non-hydrogen) atoms. The number of esters is 1. The Hall–Kier alpha value is -1.59. The zero-order valence-electron chi connectivity index (χ0n) is 17.6. The van der Waals surface area contributed by atoms with Crippen molar-refractivity contribution in [2.75, 3.05) is 32.8 Å². The maximum Gasteiger partial charge on any atom is 0.310 e. The van der Waals surface area contributed by atoms with Crippen LogP contribution >= 0.6 is 11.6 Å². The van der Waals surface area contributed by atoms with E-state index in [1.54, 1.807) is 0 Å². The summed E-state index contributed by atoms with van der Waals surface area (Å²) in [6.45, 7) is 7.44. The van der Waals surface area contributed by atoms with E-state index in [1.165, 1.54) is 0 Å². The maximum absolute atomic E-state index is 12.9. The molecule has 3 atom stereocenters. The van der Waals surface area contributed by atoms with Crippen LogP contribution in [0.5, 0.6) is 0 Å². The van der Waals surface area contributed by atoms with Gasteiger partial charge in [-0.1, -0.05) is 43.5 Å². The van der Waals surface area contributed by atoms with Crippen LogP contribution in [0.4, 0.5) is 0 Å². The summed E-state index contributed by atoms with van der Waals surface area (Å²) >= 11 is 5.95. The van der Waals surface area contributed by atoms with Gasteiger partial charge in [-0.25, -0.2) is 0 Å². The largest absolute Gasteiger partial charge is 0.466 e. The number of halogens is 1. The van der Waals surface area contributed by atoms with Gasteiger partial charge in [0.1, 0.15) is 0 Å². The Morgan fingerprint density at radius 2 is 1.76 bits per heavy atom. The van der Waals surface area contributed by atoms with Crippen molar-refractivity contribution in [1.29, 1.82) is 0 Å². The van der Waals surface area contributed by atoms with Crippen molar-refractivity contribution in [2.45, 2.75) is 52.0 Å². The first kappa shape index (κ1) is 22.1. The number of hydrogen-bond acceptors (Lipinski definition) is 4. The van der Waals surface area contributed by atoms with Crippen LogP contribution in [-0.2, 0) is 20.7 Å². The normalized spacial score (nSPS) is 24.2. The number of ether oxygens (including phenoxy) is 1. The average Bonchev–Trinajstić information content (AvgIpc) is 2.75. The molecule has 2 aliphatic rings. The number of carbonyl (C=O) groups is 2. The predicted octanol–water partition coefficient (Wildman–Crippen LogP) is 3.78. The first-order chi connectivity index (χ1) is 14.0. The highest BCUT2D eigenvalue weighted by Crippen LogP contribution is 2.30. The number of piperazine rings is 1. The molecule has 5 nitrogen and oxygen atoms in total. The summed E-state index contributed by atoms with van der Waals surface area (Å²) in [5.41, 5.74) is 1.13. The molecule has 1 saturated carbocycles. The first-order valence-corrected chi connectivity index (χ1v) is 11.3. The lowest BCUT2D eigenvalue weighted by atomic mass is 9.83. The number of carbonyl (C=O) groups excluding carboxylic acids is 2. The van der Waals surface area contributed by atoms with Gasteiger partial charge in [0, 0.05) is 43.2 Å². The van der Waals surface area contributed by atoms with Crippen molar-refractivity contribution in [3.63, 3.8) is 0 Å². The molecule has 1 unspecified atom stereocenters. The molecule has 1 aliphatic heterocycles. The lowest BCUT2D eigenvalue weighted by molar-refractivity contribution is -0.153. The summed E-state index contributed by atoms with van der Waals surface area (Å²) in [5, 5.41) is 0.715. The minimum atomic E-state index is -0.0512. The monoisotopic (exact) mass is 420 g/mol. The molecule has 3 rings (SSSR count). The molecule has 1 aromatic rings. The van der Waals surface area contributed by atoms with E-state index in [9.17, 15) is 9.59 Å². The van der Waals surface area contributed by atoms with E-state index in [2.05, 4.69) is 4.90 Å². The average molecular weight is 421 g/mol. The third-order valence-corrected chi connectivity index (χ3v) is 6.54. The van der Waals surface area contributed by atoms with Gasteiger partial charge in [0.05, 0.1) is 12.5 Å². The second-order valence-corrected chi connectivity index (χ2v) is 8.74. The highest BCUT2D eigenvalue weighted by Gasteiger charge is 2.37. The van der Waals surface area contributed by atoms with E-state index in [4.69, 9.17) is 16.3 Å². The van der Waals surface area contributed by atoms with E-state index in [1.807, 2.05) is 43.0 Å². The zero-order chi connectivity index (χ0) is 20.8. The molecule has 1 amide bonds. The van der Waals surface area contributed by atoms with Gasteiger partial charge in [-0.3, -0.25) is 14.5 Å². The third-order valence-electron chi connectivity index (χ3n) is 6.29. The van der Waals surface area contributed by atoms with Crippen LogP contribution < -0.4 is 0 Å². The molecule has 1 heterocycles. The Morgan fingerprint density at radius 1 is 1.10 bits per heavy atom. The molecule has 1 aromatic carbocycles. The molecule has 6 heteroatoms. The van der Waals surface area contributed by atoms with Gasteiger partial charge in [-0.05, 0) is 43.9 Å². The fraction of sp³-hybridized carbons (Fsp3) is 0.652. The molecule has 2 fully saturated rings. The van der Waals surface area contributed by atoms with E-state index in [0.29, 0.717) is 11.6 Å². The summed E-state index contributed by atoms with van der Waals surface area (Å²) in [5.74, 6) is 0.0944. The van der Waals surface area contributed by atoms with Gasteiger partial charge in [0.2, 0.25) is 5.91 Å². The quantitative estimate of drug-likeness (QED) is 0.657. The number of amides is 1. The molecule has 160 valence electrons. The Balaban J connectivity index is 1.52. The third kappa shape index (κ3) is 5.73. The van der Waals surface area contributed by atoms with Crippen molar-refractivity contribution in [3.05, 3.63) is 34.9 Å². The highest BCUT2D eigenvalue weighted by atomic mass is 35.5. The highest BCUT2D eigenvalue weighted by molar-refractivity contribution is 6.30. The van der Waals surface area contributed by atoms with Gasteiger partial charge in [-0.2, -0.15) is 0 Å². The van der Waals surface area contributed by atoms with Crippen molar-refractivity contribution in [2.24, 2.45) is 11.8 Å². The second-order valence-electron chi connectivity index (χ2n) is 8.30. The molecule has 0 bridgehead atoms. The van der Waals surface area contributed by atoms with Crippen LogP contribution in [0.3, 0.4) is 0 Å². The summed E-state index contributed by atoms with van der Waals surface area (Å²) in [6, 6.07) is 7.98. The Morgan fingerprint density at radius 3 is 2.41 bits per heavy atom. The Labute approximate surface area is 179 Å². The van der Waals surface area contributed by atoms with Gasteiger partial charge in [0.15, 0.2) is 0 Å². The fourth-order valence-electron chi connectivity index (χ4n) is 4.72. The van der Waals surface area contributed by atoms with Gasteiger partial charge in [0.25, 0.3) is 0 Å². The molecule has 1 aliphatic carbocycles. The summed E-state index contributed by atoms with van der Waals surface area (Å²) in [4.78, 5) is 29.7. The molecule has 0 radical (unpaired) electrons. The Kier molecular flexibility index (Phi) is 7.96. The molecular formula is C23H33ClN2O3. The van der Waals surface area contributed by atoms with Crippen LogP contribution in [0.15, 0.2) is 24.3 Å². The molecule has 0 aromatic heterocycles. The lowest BCUT2D eigenvalue weighted by Gasteiger charge is -2.43. The molecule has 0 N–H and O–H groups in total. The summed E-state index contributed by atoms with van der Waals surface area (Å²) < 4.78 is 5.32. The summed E-state index contributed by atoms with van der Waals surface area (Å²) in [6.07, 6.45) is 4.95. The Bertz CT molecular complexity index is 686. The molecular weight excluding hydrogens is 388 g/mol. The van der Waals surface area contributed by atoms with Gasteiger partial charge < -0.3 is 9.64 Å². The predicted molar refractivity (Wildman–Crippen MR) is 115 cm³/mol. The topological polar surface area (TPSA) is 49.9 Å². The first-order valence-electron chi connectivity index (χ1n) is 10.9. The van der Waals surface area contributed by atoms with Crippen LogP contribution in [-0.4, -0.2) is 60.5 Å². The van der Waals surface area contributed by atoms with Crippen molar-refractivity contribution in [3.8, 4) is 0 Å². The lowest BCUT2D eigenvalue weighted by Crippen LogP contribution is -2.56. The van der Waals surface area contributed by atoms with E-state index < -0.39 is 0 Å². The molecule has 0 spiro atoms. The number of benzene rings is 1. The zero-order valence-corrected chi connectivity index (χ0v) is 18.4. The number of hydrogen-bond donors (Lipinski definition) is 0. The minimum Gasteiger partial charge on any atom is -0.466 e. The van der Waals surface area contributed by atoms with Crippen LogP contribution in [0.2, 0.25) is 5.02 Å². The maximum atomic E-state index is 12.9. The number of nitrogens with zero attached hydrogens (tertiary/aromatic N) is 2. The van der Waals surface area contributed by atoms with Crippen molar-refractivity contribution in [1.82, 2.24) is 9.80 Å². The van der Waals surface area contributed by atoms with E-state index in [0.717, 1.165) is 63.8 Å². The van der Waals surface area contributed by atoms with Gasteiger partial charge >= 0.3 is 5.97 Å². The molecule has 1 saturated heterocycles. The number of rotatable bonds is 6. The second kappa shape index (κ2) is 10.4. The minimum absolute atomic E-state index is 0.0187. The van der Waals surface area contributed by atoms with Gasteiger partial charge in [-0.15, -0.1) is 0 Å². The fourth-order valence-corrected chi connectivity index (χ4v) is 4.85. The van der Waals surface area contributed by atoms with E-state index >= 15 is 0 Å². The van der Waals surface area contributed by atoms with Crippen LogP contribution in [0.25, 0.3) is 0 Å². The SMILES string of the molecule is CCOC(=O)[C@@H]1CCCC[C@H]1N1CCN(C(=O)C(C)Cc2ccc(Cl)cc2)CC1. The van der Waals surface area contributed by atoms with Crippen molar-refractivity contribution >= 4 is 23.5 Å². The van der Waals surface area contributed by atoms with Crippen LogP contribution in [0, 0.1) is 11.8 Å². The summed E-state index contributed by atoms with van der Waals surface area (Å²) in [7, 11) is 0. The van der Waals surface area contributed by atoms with E-state index in [-0.39, 0.29) is 29.8 Å². The van der Waals surface area contributed by atoms with Crippen molar-refractivity contribution < 1.29 is 14.3 Å².